The molecule has 0 aliphatic heterocycles. The molecule has 48 valence electrons. The van der Waals surface area contributed by atoms with Crippen LogP contribution in [0.2, 0.25) is 0 Å². The molecule has 1 N–H and O–H groups in total. The topological polar surface area (TPSA) is 40.5 Å². The highest BCUT2D eigenvalue weighted by atomic mass is 16.3. The van der Waals surface area contributed by atoms with Crippen molar-refractivity contribution in [1.29, 1.82) is 0 Å². The molecule has 0 amide bonds. The van der Waals surface area contributed by atoms with Gasteiger partial charge in [0.05, 0.1) is 0 Å². The minimum atomic E-state index is -1.31. The molecule has 0 spiro atoms. The lowest BCUT2D eigenvalue weighted by molar-refractivity contribution is -0.137. The van der Waals surface area contributed by atoms with Gasteiger partial charge in [0.25, 0.3) is 0 Å². The van der Waals surface area contributed by atoms with E-state index in [1.807, 2.05) is 0 Å². The molecule has 0 aliphatic carbocycles. The molecule has 0 heterocycles. The number of hydrogen-bond donors (Lipinski definition) is 1. The number of aldehydes is 1. The Bertz CT molecular complexity index is 88.4. The third-order valence-electron chi connectivity index (χ3n) is 1.13. The summed E-state index contributed by atoms with van der Waals surface area (Å²) in [6, 6.07) is 0. The van der Waals surface area contributed by atoms with Crippen LogP contribution < -0.4 is 0 Å². The van der Waals surface area contributed by atoms with E-state index >= 15 is 0 Å². The third-order valence-corrected chi connectivity index (χ3v) is 1.13. The van der Waals surface area contributed by atoms with Crippen LogP contribution in [0.4, 0.5) is 0 Å². The van der Waals surface area contributed by atoms with E-state index in [2.05, 4.69) is 0 Å². The molecule has 3 heteroatoms. The lowest BCUT2D eigenvalue weighted by Crippen LogP contribution is -2.42. The Kier molecular flexibility index (Phi) is 2.12. The van der Waals surface area contributed by atoms with Gasteiger partial charge in [-0.15, -0.1) is 0 Å². The number of likely N-dealkylation sites (N-methyl/N-ethyl adjacent to an activating group) is 1. The van der Waals surface area contributed by atoms with E-state index in [4.69, 9.17) is 5.11 Å². The van der Waals surface area contributed by atoms with Gasteiger partial charge in [0, 0.05) is 0 Å². The Morgan fingerprint density at radius 1 is 1.62 bits per heavy atom. The van der Waals surface area contributed by atoms with Crippen molar-refractivity contribution in [1.82, 2.24) is 4.90 Å². The molecule has 0 aromatic carbocycles. The maximum atomic E-state index is 9.98. The fourth-order valence-corrected chi connectivity index (χ4v) is 0.105. The number of hydrogen-bond acceptors (Lipinski definition) is 3. The Hall–Kier alpha value is -0.410. The van der Waals surface area contributed by atoms with Gasteiger partial charge in [0.1, 0.15) is 0 Å². The van der Waals surface area contributed by atoms with Crippen LogP contribution in [0.15, 0.2) is 0 Å². The lowest BCUT2D eigenvalue weighted by Gasteiger charge is -2.23. The van der Waals surface area contributed by atoms with Crippen LogP contribution in [-0.4, -0.2) is 36.1 Å². The molecule has 1 atom stereocenters. The van der Waals surface area contributed by atoms with E-state index in [1.165, 1.54) is 11.8 Å². The van der Waals surface area contributed by atoms with Gasteiger partial charge in [-0.05, 0) is 21.0 Å². The summed E-state index contributed by atoms with van der Waals surface area (Å²) in [6.07, 6.45) is 0.493. The number of rotatable bonds is 2. The highest BCUT2D eigenvalue weighted by Crippen LogP contribution is 1.99. The quantitative estimate of drug-likeness (QED) is 0.390. The highest BCUT2D eigenvalue weighted by Gasteiger charge is 2.20. The number of nitrogens with zero attached hydrogens (tertiary/aromatic N) is 1. The summed E-state index contributed by atoms with van der Waals surface area (Å²) in [5.74, 6) is 0. The summed E-state index contributed by atoms with van der Waals surface area (Å²) in [5.41, 5.74) is -1.31. The highest BCUT2D eigenvalue weighted by molar-refractivity contribution is 5.60. The van der Waals surface area contributed by atoms with Crippen molar-refractivity contribution in [3.63, 3.8) is 0 Å². The lowest BCUT2D eigenvalue weighted by atomic mass is 10.3. The van der Waals surface area contributed by atoms with Crippen molar-refractivity contribution in [2.75, 3.05) is 14.1 Å². The van der Waals surface area contributed by atoms with Gasteiger partial charge in [0.15, 0.2) is 12.0 Å². The summed E-state index contributed by atoms with van der Waals surface area (Å²) in [6.45, 7) is 1.43. The van der Waals surface area contributed by atoms with Crippen LogP contribution in [0.3, 0.4) is 0 Å². The normalized spacial score (nSPS) is 18.1. The average Bonchev–Trinajstić information content (AvgIpc) is 1.67. The molecule has 0 fully saturated rings. The molecule has 1 unspecified atom stereocenters. The van der Waals surface area contributed by atoms with Gasteiger partial charge >= 0.3 is 0 Å². The summed E-state index contributed by atoms with van der Waals surface area (Å²) >= 11 is 0. The van der Waals surface area contributed by atoms with Crippen LogP contribution in [0.25, 0.3) is 0 Å². The zero-order valence-corrected chi connectivity index (χ0v) is 5.38. The van der Waals surface area contributed by atoms with Crippen LogP contribution in [0.5, 0.6) is 0 Å². The van der Waals surface area contributed by atoms with E-state index in [0.29, 0.717) is 6.29 Å². The monoisotopic (exact) mass is 117 g/mol. The molecule has 3 nitrogen and oxygen atoms in total. The van der Waals surface area contributed by atoms with Gasteiger partial charge in [-0.25, -0.2) is 0 Å². The molecule has 0 rings (SSSR count). The van der Waals surface area contributed by atoms with Crippen molar-refractivity contribution >= 4 is 6.29 Å². The van der Waals surface area contributed by atoms with Crippen molar-refractivity contribution in [3.05, 3.63) is 0 Å². The summed E-state index contributed by atoms with van der Waals surface area (Å²) < 4.78 is 0. The predicted octanol–water partition coefficient (Wildman–Crippen LogP) is -0.545. The first kappa shape index (κ1) is 7.59. The van der Waals surface area contributed by atoms with E-state index in [9.17, 15) is 4.79 Å². The van der Waals surface area contributed by atoms with E-state index < -0.39 is 5.72 Å². The smallest absolute Gasteiger partial charge is 0.171 e. The number of carbonyl (C=O) groups excluding carboxylic acids is 1. The Balaban J connectivity index is 3.90. The summed E-state index contributed by atoms with van der Waals surface area (Å²) in [7, 11) is 3.27. The zero-order valence-electron chi connectivity index (χ0n) is 5.38. The molecular weight excluding hydrogens is 106 g/mol. The minimum Gasteiger partial charge on any atom is -0.369 e. The fourth-order valence-electron chi connectivity index (χ4n) is 0.105. The predicted molar refractivity (Wildman–Crippen MR) is 30.4 cm³/mol. The minimum absolute atomic E-state index is 0.493. The van der Waals surface area contributed by atoms with Crippen molar-refractivity contribution < 1.29 is 9.90 Å². The van der Waals surface area contributed by atoms with Crippen LogP contribution >= 0.6 is 0 Å². The first-order valence-electron chi connectivity index (χ1n) is 2.37. The van der Waals surface area contributed by atoms with Gasteiger partial charge in [-0.2, -0.15) is 0 Å². The molecular formula is C5H11NO2. The Morgan fingerprint density at radius 2 is 2.00 bits per heavy atom. The van der Waals surface area contributed by atoms with Crippen molar-refractivity contribution in [3.8, 4) is 0 Å². The Labute approximate surface area is 48.9 Å². The molecule has 0 aromatic rings. The number of carbonyl (C=O) groups is 1. The molecule has 0 bridgehead atoms. The fraction of sp³-hybridized carbons (Fsp3) is 0.800. The van der Waals surface area contributed by atoms with Crippen LogP contribution in [-0.2, 0) is 4.79 Å². The zero-order chi connectivity index (χ0) is 6.78. The average molecular weight is 117 g/mol. The first-order chi connectivity index (χ1) is 3.50. The van der Waals surface area contributed by atoms with Crippen molar-refractivity contribution in [2.24, 2.45) is 0 Å². The second-order valence-corrected chi connectivity index (χ2v) is 2.11. The third kappa shape index (κ3) is 1.60. The second-order valence-electron chi connectivity index (χ2n) is 2.11. The molecule has 0 aliphatic rings. The van der Waals surface area contributed by atoms with Gasteiger partial charge < -0.3 is 5.11 Å². The van der Waals surface area contributed by atoms with Crippen molar-refractivity contribution in [2.45, 2.75) is 12.6 Å². The van der Waals surface area contributed by atoms with E-state index in [-0.39, 0.29) is 0 Å². The van der Waals surface area contributed by atoms with Crippen LogP contribution in [0.1, 0.15) is 6.92 Å². The molecule has 0 saturated carbocycles. The van der Waals surface area contributed by atoms with Gasteiger partial charge in [-0.3, -0.25) is 9.69 Å². The number of aliphatic hydroxyl groups is 1. The largest absolute Gasteiger partial charge is 0.369 e. The van der Waals surface area contributed by atoms with Gasteiger partial charge in [0.2, 0.25) is 0 Å². The summed E-state index contributed by atoms with van der Waals surface area (Å²) in [4.78, 5) is 11.4. The van der Waals surface area contributed by atoms with E-state index in [1.54, 1.807) is 14.1 Å². The Morgan fingerprint density at radius 3 is 2.00 bits per heavy atom. The standard InChI is InChI=1S/C5H11NO2/c1-5(8,4-7)6(2)3/h4,8H,1-3H3. The molecule has 0 aromatic heterocycles. The maximum Gasteiger partial charge on any atom is 0.171 e. The molecule has 8 heavy (non-hydrogen) atoms. The SMILES string of the molecule is CN(C)C(C)(O)C=O. The first-order valence-corrected chi connectivity index (χ1v) is 2.37. The molecule has 0 saturated heterocycles. The summed E-state index contributed by atoms with van der Waals surface area (Å²) in [5, 5.41) is 8.96. The molecule has 0 radical (unpaired) electrons. The second kappa shape index (κ2) is 2.24. The van der Waals surface area contributed by atoms with Gasteiger partial charge in [-0.1, -0.05) is 0 Å². The maximum absolute atomic E-state index is 9.98. The van der Waals surface area contributed by atoms with E-state index in [0.717, 1.165) is 0 Å². The van der Waals surface area contributed by atoms with Crippen LogP contribution in [0, 0.1) is 0 Å².